The number of allylic oxidation sites excluding steroid dienone is 1. The smallest absolute Gasteiger partial charge is 0.0654 e. The van der Waals surface area contributed by atoms with E-state index in [0.29, 0.717) is 5.88 Å². The maximum Gasteiger partial charge on any atom is 0.0654 e. The molecule has 0 saturated carbocycles. The van der Waals surface area contributed by atoms with Crippen molar-refractivity contribution in [2.75, 3.05) is 5.88 Å². The maximum absolute atomic E-state index is 5.80. The van der Waals surface area contributed by atoms with E-state index in [1.54, 1.807) is 0 Å². The first-order valence-corrected chi connectivity index (χ1v) is 4.73. The van der Waals surface area contributed by atoms with Crippen LogP contribution in [0.5, 0.6) is 0 Å². The molecule has 0 N–H and O–H groups in total. The Balaban J connectivity index is 2.58. The molecule has 1 unspecified atom stereocenters. The van der Waals surface area contributed by atoms with Crippen molar-refractivity contribution in [3.05, 3.63) is 42.0 Å². The van der Waals surface area contributed by atoms with Crippen molar-refractivity contribution >= 4 is 29.3 Å². The minimum atomic E-state index is -0.0770. The highest BCUT2D eigenvalue weighted by Crippen LogP contribution is 2.06. The van der Waals surface area contributed by atoms with Gasteiger partial charge in [0, 0.05) is 5.88 Å². The van der Waals surface area contributed by atoms with E-state index in [2.05, 4.69) is 0 Å². The van der Waals surface area contributed by atoms with Crippen LogP contribution >= 0.6 is 23.2 Å². The molecule has 0 aliphatic carbocycles. The summed E-state index contributed by atoms with van der Waals surface area (Å²) in [5.41, 5.74) is 1.15. The Morgan fingerprint density at radius 1 is 1.25 bits per heavy atom. The molecule has 0 saturated heterocycles. The minimum Gasteiger partial charge on any atom is -0.125 e. The van der Waals surface area contributed by atoms with Crippen LogP contribution < -0.4 is 0 Å². The highest BCUT2D eigenvalue weighted by atomic mass is 35.5. The first-order valence-electron chi connectivity index (χ1n) is 3.76. The number of hydrogen-bond donors (Lipinski definition) is 0. The molecule has 12 heavy (non-hydrogen) atoms. The highest BCUT2D eigenvalue weighted by Gasteiger charge is 1.94. The van der Waals surface area contributed by atoms with E-state index in [1.165, 1.54) is 0 Å². The van der Waals surface area contributed by atoms with Gasteiger partial charge in [-0.3, -0.25) is 0 Å². The number of rotatable bonds is 3. The summed E-state index contributed by atoms with van der Waals surface area (Å²) in [4.78, 5) is 0. The molecule has 1 atom stereocenters. The standard InChI is InChI=1S/C10H10Cl2/c11-8-10(12)7-6-9-4-2-1-3-5-9/h1-7,10H,8H2. The fourth-order valence-electron chi connectivity index (χ4n) is 0.831. The molecule has 0 radical (unpaired) electrons. The predicted octanol–water partition coefficient (Wildman–Crippen LogP) is 3.55. The van der Waals surface area contributed by atoms with E-state index in [-0.39, 0.29) is 5.38 Å². The molecular weight excluding hydrogens is 191 g/mol. The molecule has 0 aliphatic rings. The lowest BCUT2D eigenvalue weighted by Crippen LogP contribution is -1.92. The third kappa shape index (κ3) is 3.29. The molecular formula is C10H10Cl2. The third-order valence-electron chi connectivity index (χ3n) is 1.44. The fraction of sp³-hybridized carbons (Fsp3) is 0.200. The van der Waals surface area contributed by atoms with Gasteiger partial charge in [-0.1, -0.05) is 42.5 Å². The first-order chi connectivity index (χ1) is 5.83. The van der Waals surface area contributed by atoms with Gasteiger partial charge in [0.1, 0.15) is 0 Å². The Labute approximate surface area is 82.8 Å². The summed E-state index contributed by atoms with van der Waals surface area (Å²) in [5.74, 6) is 0.449. The molecule has 0 aliphatic heterocycles. The third-order valence-corrected chi connectivity index (χ3v) is 2.23. The molecule has 0 aromatic heterocycles. The largest absolute Gasteiger partial charge is 0.125 e. The Bertz CT molecular complexity index is 241. The van der Waals surface area contributed by atoms with Crippen LogP contribution in [0.1, 0.15) is 5.56 Å². The van der Waals surface area contributed by atoms with E-state index in [0.717, 1.165) is 5.56 Å². The average molecular weight is 201 g/mol. The van der Waals surface area contributed by atoms with E-state index < -0.39 is 0 Å². The van der Waals surface area contributed by atoms with Crippen LogP contribution in [-0.2, 0) is 0 Å². The predicted molar refractivity (Wildman–Crippen MR) is 55.8 cm³/mol. The van der Waals surface area contributed by atoms with Crippen molar-refractivity contribution in [1.29, 1.82) is 0 Å². The van der Waals surface area contributed by atoms with Gasteiger partial charge >= 0.3 is 0 Å². The maximum atomic E-state index is 5.80. The summed E-state index contributed by atoms with van der Waals surface area (Å²) >= 11 is 11.3. The normalized spacial score (nSPS) is 13.5. The highest BCUT2D eigenvalue weighted by molar-refractivity contribution is 6.29. The van der Waals surface area contributed by atoms with Gasteiger partial charge in [-0.25, -0.2) is 0 Å². The van der Waals surface area contributed by atoms with Crippen LogP contribution in [0.4, 0.5) is 0 Å². The molecule has 64 valence electrons. The summed E-state index contributed by atoms with van der Waals surface area (Å²) in [6.07, 6.45) is 3.87. The quantitative estimate of drug-likeness (QED) is 0.656. The zero-order valence-electron chi connectivity index (χ0n) is 6.58. The van der Waals surface area contributed by atoms with Gasteiger partial charge in [-0.05, 0) is 5.56 Å². The van der Waals surface area contributed by atoms with Crippen molar-refractivity contribution in [2.45, 2.75) is 5.38 Å². The molecule has 2 heteroatoms. The second-order valence-corrected chi connectivity index (χ2v) is 3.31. The van der Waals surface area contributed by atoms with Crippen molar-refractivity contribution < 1.29 is 0 Å². The molecule has 0 spiro atoms. The second-order valence-electron chi connectivity index (χ2n) is 2.44. The number of hydrogen-bond acceptors (Lipinski definition) is 0. The van der Waals surface area contributed by atoms with Gasteiger partial charge in [0.2, 0.25) is 0 Å². The SMILES string of the molecule is ClCC(Cl)C=Cc1ccccc1. The lowest BCUT2D eigenvalue weighted by Gasteiger charge is -1.95. The summed E-state index contributed by atoms with van der Waals surface area (Å²) in [5, 5.41) is -0.0770. The van der Waals surface area contributed by atoms with E-state index >= 15 is 0 Å². The van der Waals surface area contributed by atoms with Crippen LogP contribution in [0.15, 0.2) is 36.4 Å². The number of alkyl halides is 2. The monoisotopic (exact) mass is 200 g/mol. The summed E-state index contributed by atoms with van der Waals surface area (Å²) in [7, 11) is 0. The van der Waals surface area contributed by atoms with Crippen molar-refractivity contribution in [3.63, 3.8) is 0 Å². The van der Waals surface area contributed by atoms with Crippen LogP contribution in [0.25, 0.3) is 6.08 Å². The Morgan fingerprint density at radius 2 is 1.92 bits per heavy atom. The lowest BCUT2D eigenvalue weighted by molar-refractivity contribution is 1.25. The summed E-state index contributed by atoms with van der Waals surface area (Å²) in [6, 6.07) is 10.0. The topological polar surface area (TPSA) is 0 Å². The van der Waals surface area contributed by atoms with Crippen LogP contribution in [0.3, 0.4) is 0 Å². The van der Waals surface area contributed by atoms with E-state index in [4.69, 9.17) is 23.2 Å². The zero-order valence-corrected chi connectivity index (χ0v) is 8.09. The average Bonchev–Trinajstić information content (AvgIpc) is 2.16. The number of benzene rings is 1. The Hall–Kier alpha value is -0.460. The Kier molecular flexibility index (Phi) is 4.20. The van der Waals surface area contributed by atoms with Crippen molar-refractivity contribution in [2.24, 2.45) is 0 Å². The van der Waals surface area contributed by atoms with E-state index in [9.17, 15) is 0 Å². The second kappa shape index (κ2) is 5.23. The first kappa shape index (κ1) is 9.63. The molecule has 0 amide bonds. The van der Waals surface area contributed by atoms with Gasteiger partial charge in [-0.15, -0.1) is 23.2 Å². The van der Waals surface area contributed by atoms with Gasteiger partial charge < -0.3 is 0 Å². The summed E-state index contributed by atoms with van der Waals surface area (Å²) < 4.78 is 0. The van der Waals surface area contributed by atoms with Crippen LogP contribution in [-0.4, -0.2) is 11.3 Å². The van der Waals surface area contributed by atoms with Crippen LogP contribution in [0.2, 0.25) is 0 Å². The molecule has 0 heterocycles. The van der Waals surface area contributed by atoms with Gasteiger partial charge in [-0.2, -0.15) is 0 Å². The Morgan fingerprint density at radius 3 is 2.50 bits per heavy atom. The van der Waals surface area contributed by atoms with Crippen molar-refractivity contribution in [3.8, 4) is 0 Å². The van der Waals surface area contributed by atoms with Gasteiger partial charge in [0.05, 0.1) is 5.38 Å². The summed E-state index contributed by atoms with van der Waals surface area (Å²) in [6.45, 7) is 0. The lowest BCUT2D eigenvalue weighted by atomic mass is 10.2. The fourth-order valence-corrected chi connectivity index (χ4v) is 1.01. The molecule has 1 rings (SSSR count). The molecule has 1 aromatic rings. The molecule has 0 fully saturated rings. The van der Waals surface area contributed by atoms with E-state index in [1.807, 2.05) is 42.5 Å². The van der Waals surface area contributed by atoms with Gasteiger partial charge in [0.15, 0.2) is 0 Å². The zero-order chi connectivity index (χ0) is 8.81. The molecule has 0 nitrogen and oxygen atoms in total. The minimum absolute atomic E-state index is 0.0770. The molecule has 1 aromatic carbocycles. The van der Waals surface area contributed by atoms with Crippen LogP contribution in [0, 0.1) is 0 Å². The van der Waals surface area contributed by atoms with Gasteiger partial charge in [0.25, 0.3) is 0 Å². The number of halogens is 2. The molecule has 0 bridgehead atoms. The van der Waals surface area contributed by atoms with Crippen molar-refractivity contribution in [1.82, 2.24) is 0 Å².